The summed E-state index contributed by atoms with van der Waals surface area (Å²) in [6, 6.07) is 5.32. The van der Waals surface area contributed by atoms with Crippen molar-refractivity contribution in [2.45, 2.75) is 13.5 Å². The molecule has 0 saturated heterocycles. The van der Waals surface area contributed by atoms with Crippen molar-refractivity contribution >= 4 is 29.1 Å². The maximum absolute atomic E-state index is 12.0. The molecule has 0 aliphatic carbocycles. The number of halogens is 2. The van der Waals surface area contributed by atoms with E-state index in [2.05, 4.69) is 5.32 Å². The fourth-order valence-electron chi connectivity index (χ4n) is 1.82. The molecule has 0 aromatic heterocycles. The van der Waals surface area contributed by atoms with Crippen LogP contribution in [0.3, 0.4) is 0 Å². The van der Waals surface area contributed by atoms with Crippen molar-refractivity contribution in [3.63, 3.8) is 0 Å². The average Bonchev–Trinajstić information content (AvgIpc) is 2.26. The van der Waals surface area contributed by atoms with Crippen LogP contribution in [0.5, 0.6) is 0 Å². The van der Waals surface area contributed by atoms with E-state index in [4.69, 9.17) is 23.2 Å². The minimum absolute atomic E-state index is 0.0466. The number of nitrogens with zero attached hydrogens (tertiary/aromatic N) is 1. The molecule has 0 spiro atoms. The molecule has 0 bridgehead atoms. The molecule has 1 aromatic carbocycles. The minimum atomic E-state index is -0.0466. The lowest BCUT2D eigenvalue weighted by Gasteiger charge is -2.21. The maximum atomic E-state index is 12.0. The molecule has 0 radical (unpaired) electrons. The van der Waals surface area contributed by atoms with Crippen molar-refractivity contribution in [2.24, 2.45) is 5.92 Å². The molecule has 1 aromatic rings. The zero-order chi connectivity index (χ0) is 13.7. The van der Waals surface area contributed by atoms with E-state index in [1.165, 1.54) is 0 Å². The third-order valence-electron chi connectivity index (χ3n) is 2.65. The van der Waals surface area contributed by atoms with Crippen LogP contribution in [0.25, 0.3) is 0 Å². The molecule has 0 heterocycles. The molecule has 1 unspecified atom stereocenters. The van der Waals surface area contributed by atoms with Gasteiger partial charge in [0.2, 0.25) is 5.91 Å². The first kappa shape index (κ1) is 15.3. The van der Waals surface area contributed by atoms with Crippen molar-refractivity contribution in [1.29, 1.82) is 0 Å². The van der Waals surface area contributed by atoms with E-state index in [0.717, 1.165) is 5.56 Å². The highest BCUT2D eigenvalue weighted by Gasteiger charge is 2.16. The number of carbonyl (C=O) groups excluding carboxylic acids is 1. The summed E-state index contributed by atoms with van der Waals surface area (Å²) in [4.78, 5) is 13.7. The molecular weight excluding hydrogens is 271 g/mol. The van der Waals surface area contributed by atoms with Crippen LogP contribution in [0, 0.1) is 5.92 Å². The van der Waals surface area contributed by atoms with Gasteiger partial charge in [0.25, 0.3) is 0 Å². The maximum Gasteiger partial charge on any atom is 0.226 e. The Balaban J connectivity index is 2.69. The normalized spacial score (nSPS) is 12.3. The average molecular weight is 289 g/mol. The van der Waals surface area contributed by atoms with Crippen LogP contribution >= 0.6 is 23.2 Å². The summed E-state index contributed by atoms with van der Waals surface area (Å²) in [5.41, 5.74) is 0.931. The second kappa shape index (κ2) is 6.98. The van der Waals surface area contributed by atoms with E-state index in [1.807, 2.05) is 26.1 Å². The lowest BCUT2D eigenvalue weighted by molar-refractivity contribution is -0.134. The summed E-state index contributed by atoms with van der Waals surface area (Å²) >= 11 is 11.9. The Hall–Kier alpha value is -0.770. The van der Waals surface area contributed by atoms with Gasteiger partial charge in [-0.1, -0.05) is 30.1 Å². The Morgan fingerprint density at radius 2 is 1.89 bits per heavy atom. The van der Waals surface area contributed by atoms with Gasteiger partial charge in [0.15, 0.2) is 0 Å². The number of carbonyl (C=O) groups is 1. The van der Waals surface area contributed by atoms with Crippen molar-refractivity contribution < 1.29 is 4.79 Å². The molecular formula is C13H18Cl2N2O. The van der Waals surface area contributed by atoms with Gasteiger partial charge in [0, 0.05) is 36.1 Å². The lowest BCUT2D eigenvalue weighted by atomic mass is 10.1. The summed E-state index contributed by atoms with van der Waals surface area (Å²) < 4.78 is 0. The smallest absolute Gasteiger partial charge is 0.226 e. The number of nitrogens with one attached hydrogen (secondary N) is 1. The van der Waals surface area contributed by atoms with Crippen LogP contribution in [0.2, 0.25) is 10.0 Å². The molecule has 0 fully saturated rings. The summed E-state index contributed by atoms with van der Waals surface area (Å²) in [5, 5.41) is 4.17. The molecule has 1 atom stereocenters. The molecule has 18 heavy (non-hydrogen) atoms. The van der Waals surface area contributed by atoms with Crippen molar-refractivity contribution in [3.05, 3.63) is 33.8 Å². The fourth-order valence-corrected chi connectivity index (χ4v) is 2.39. The predicted molar refractivity (Wildman–Crippen MR) is 76.0 cm³/mol. The molecule has 0 aliphatic heterocycles. The van der Waals surface area contributed by atoms with Crippen molar-refractivity contribution in [2.75, 3.05) is 20.6 Å². The second-order valence-electron chi connectivity index (χ2n) is 4.43. The van der Waals surface area contributed by atoms with Gasteiger partial charge in [-0.05, 0) is 30.8 Å². The first-order chi connectivity index (χ1) is 8.43. The third kappa shape index (κ3) is 4.48. The van der Waals surface area contributed by atoms with Gasteiger partial charge in [-0.3, -0.25) is 4.79 Å². The van der Waals surface area contributed by atoms with Crippen molar-refractivity contribution in [1.82, 2.24) is 10.2 Å². The highest BCUT2D eigenvalue weighted by Crippen LogP contribution is 2.20. The van der Waals surface area contributed by atoms with Gasteiger partial charge in [-0.2, -0.15) is 0 Å². The molecule has 5 heteroatoms. The van der Waals surface area contributed by atoms with E-state index in [9.17, 15) is 4.79 Å². The second-order valence-corrected chi connectivity index (χ2v) is 5.30. The monoisotopic (exact) mass is 288 g/mol. The zero-order valence-electron chi connectivity index (χ0n) is 10.8. The van der Waals surface area contributed by atoms with E-state index in [1.54, 1.807) is 18.0 Å². The first-order valence-corrected chi connectivity index (χ1v) is 6.54. The third-order valence-corrected chi connectivity index (χ3v) is 3.09. The summed E-state index contributed by atoms with van der Waals surface area (Å²) in [6.45, 7) is 3.08. The molecule has 3 nitrogen and oxygen atoms in total. The van der Waals surface area contributed by atoms with E-state index < -0.39 is 0 Å². The van der Waals surface area contributed by atoms with Crippen LogP contribution in [0.1, 0.15) is 12.5 Å². The van der Waals surface area contributed by atoms with E-state index in [-0.39, 0.29) is 11.8 Å². The minimum Gasteiger partial charge on any atom is -0.341 e. The quantitative estimate of drug-likeness (QED) is 0.904. The van der Waals surface area contributed by atoms with Gasteiger partial charge < -0.3 is 10.2 Å². The van der Waals surface area contributed by atoms with E-state index in [0.29, 0.717) is 23.1 Å². The Kier molecular flexibility index (Phi) is 5.93. The van der Waals surface area contributed by atoms with E-state index >= 15 is 0 Å². The fraction of sp³-hybridized carbons (Fsp3) is 0.462. The molecule has 0 saturated carbocycles. The number of amides is 1. The predicted octanol–water partition coefficient (Wildman–Crippen LogP) is 2.81. The Morgan fingerprint density at radius 3 is 2.39 bits per heavy atom. The topological polar surface area (TPSA) is 32.3 Å². The highest BCUT2D eigenvalue weighted by atomic mass is 35.5. The van der Waals surface area contributed by atoms with Gasteiger partial charge in [-0.25, -0.2) is 0 Å². The van der Waals surface area contributed by atoms with Gasteiger partial charge in [0.05, 0.1) is 0 Å². The molecule has 100 valence electrons. The number of rotatable bonds is 5. The number of hydrogen-bond donors (Lipinski definition) is 1. The van der Waals surface area contributed by atoms with Gasteiger partial charge >= 0.3 is 0 Å². The highest BCUT2D eigenvalue weighted by molar-refractivity contribution is 6.34. The molecule has 1 rings (SSSR count). The zero-order valence-corrected chi connectivity index (χ0v) is 12.3. The van der Waals surface area contributed by atoms with Crippen LogP contribution in [0.4, 0.5) is 0 Å². The first-order valence-electron chi connectivity index (χ1n) is 5.78. The summed E-state index contributed by atoms with van der Waals surface area (Å²) in [7, 11) is 3.61. The van der Waals surface area contributed by atoms with Gasteiger partial charge in [-0.15, -0.1) is 0 Å². The van der Waals surface area contributed by atoms with Crippen LogP contribution in [-0.2, 0) is 11.3 Å². The van der Waals surface area contributed by atoms with Crippen molar-refractivity contribution in [3.8, 4) is 0 Å². The van der Waals surface area contributed by atoms with Crippen LogP contribution in [-0.4, -0.2) is 31.4 Å². The molecule has 1 N–H and O–H groups in total. The SMILES string of the molecule is CNCC(C)C(=O)N(C)Cc1cc(Cl)cc(Cl)c1. The van der Waals surface area contributed by atoms with Crippen LogP contribution in [0.15, 0.2) is 18.2 Å². The van der Waals surface area contributed by atoms with Crippen LogP contribution < -0.4 is 5.32 Å². The molecule has 1 amide bonds. The Bertz CT molecular complexity index is 403. The summed E-state index contributed by atoms with van der Waals surface area (Å²) in [5.74, 6) is 0.0510. The lowest BCUT2D eigenvalue weighted by Crippen LogP contribution is -2.35. The Morgan fingerprint density at radius 1 is 1.33 bits per heavy atom. The standard InChI is InChI=1S/C13H18Cl2N2O/c1-9(7-16-2)13(18)17(3)8-10-4-11(14)6-12(15)5-10/h4-6,9,16H,7-8H2,1-3H3. The largest absolute Gasteiger partial charge is 0.341 e. The molecule has 0 aliphatic rings. The Labute approximate surface area is 118 Å². The summed E-state index contributed by atoms with van der Waals surface area (Å²) in [6.07, 6.45) is 0. The number of hydrogen-bond acceptors (Lipinski definition) is 2. The van der Waals surface area contributed by atoms with Gasteiger partial charge in [0.1, 0.15) is 0 Å². The number of benzene rings is 1.